The number of carbonyl (C=O) groups is 3. The van der Waals surface area contributed by atoms with Crippen molar-refractivity contribution in [3.05, 3.63) is 0 Å². The lowest BCUT2D eigenvalue weighted by molar-refractivity contribution is -0.149. The fraction of sp³-hybridized carbons (Fsp3) is 0.870. The first-order valence-electron chi connectivity index (χ1n) is 11.8. The summed E-state index contributed by atoms with van der Waals surface area (Å²) in [5.74, 6) is 0.873. The number of fused-ring (bicyclic) bond motifs is 1. The van der Waals surface area contributed by atoms with Crippen molar-refractivity contribution in [2.75, 3.05) is 46.4 Å². The number of nitrogens with one attached hydrogen (secondary N) is 1. The topological polar surface area (TPSA) is 85.5 Å². The van der Waals surface area contributed by atoms with E-state index in [9.17, 15) is 14.4 Å². The average molecular weight is 441 g/mol. The molecule has 31 heavy (non-hydrogen) atoms. The van der Waals surface area contributed by atoms with Gasteiger partial charge in [0, 0.05) is 6.54 Å². The molecule has 8 heteroatoms. The van der Waals surface area contributed by atoms with Crippen LogP contribution in [0.4, 0.5) is 0 Å². The van der Waals surface area contributed by atoms with Crippen molar-refractivity contribution in [1.82, 2.24) is 20.0 Å². The summed E-state index contributed by atoms with van der Waals surface area (Å²) in [5.41, 5.74) is 0. The minimum Gasteiger partial charge on any atom is -0.363 e. The Kier molecular flexibility index (Phi) is 12.1. The summed E-state index contributed by atoms with van der Waals surface area (Å²) in [5, 5.41) is 3.11. The van der Waals surface area contributed by atoms with Gasteiger partial charge in [-0.1, -0.05) is 54.4 Å². The number of hydrogen-bond donors (Lipinski definition) is 1. The number of hydrogen-bond acceptors (Lipinski definition) is 5. The largest absolute Gasteiger partial charge is 0.363 e. The number of ether oxygens (including phenoxy) is 1. The number of nitrogens with zero attached hydrogens (tertiary/aromatic N) is 3. The molecule has 3 heterocycles. The van der Waals surface area contributed by atoms with Crippen LogP contribution in [0.25, 0.3) is 0 Å². The van der Waals surface area contributed by atoms with Gasteiger partial charge in [-0.15, -0.1) is 0 Å². The van der Waals surface area contributed by atoms with Gasteiger partial charge in [0.05, 0.1) is 13.2 Å². The highest BCUT2D eigenvalue weighted by Crippen LogP contribution is 2.25. The molecule has 1 N–H and O–H groups in total. The Hall–Kier alpha value is -1.67. The Balaban J connectivity index is 0.000000519. The Labute approximate surface area is 188 Å². The van der Waals surface area contributed by atoms with Crippen molar-refractivity contribution in [2.45, 2.75) is 73.1 Å². The summed E-state index contributed by atoms with van der Waals surface area (Å²) in [4.78, 5) is 41.5. The molecule has 0 radical (unpaired) electrons. The molecule has 3 saturated heterocycles. The first-order chi connectivity index (χ1) is 14.7. The maximum atomic E-state index is 12.3. The second-order valence-corrected chi connectivity index (χ2v) is 9.32. The van der Waals surface area contributed by atoms with Crippen LogP contribution in [0, 0.1) is 11.8 Å². The molecule has 0 spiro atoms. The predicted octanol–water partition coefficient (Wildman–Crippen LogP) is 1.94. The lowest BCUT2D eigenvalue weighted by Crippen LogP contribution is -2.59. The molecule has 8 nitrogen and oxygen atoms in total. The monoisotopic (exact) mass is 440 g/mol. The molecular formula is C23H44N4O4. The molecule has 3 aliphatic rings. The van der Waals surface area contributed by atoms with Crippen LogP contribution < -0.4 is 5.32 Å². The molecule has 0 aromatic heterocycles. The number of piperazine rings is 1. The molecule has 3 amide bonds. The smallest absolute Gasteiger partial charge is 0.256 e. The number of carbonyl (C=O) groups excluding carboxylic acids is 3. The third-order valence-electron chi connectivity index (χ3n) is 5.20. The Morgan fingerprint density at radius 3 is 2.16 bits per heavy atom. The van der Waals surface area contributed by atoms with Gasteiger partial charge in [0.2, 0.25) is 11.8 Å². The van der Waals surface area contributed by atoms with Crippen molar-refractivity contribution in [3.63, 3.8) is 0 Å². The van der Waals surface area contributed by atoms with Crippen LogP contribution in [0.5, 0.6) is 0 Å². The first-order valence-corrected chi connectivity index (χ1v) is 11.8. The Bertz CT molecular complexity index is 575. The van der Waals surface area contributed by atoms with E-state index in [1.54, 1.807) is 9.80 Å². The van der Waals surface area contributed by atoms with Gasteiger partial charge in [0.25, 0.3) is 5.91 Å². The average Bonchev–Trinajstić information content (AvgIpc) is 3.52. The van der Waals surface area contributed by atoms with E-state index in [1.807, 2.05) is 7.05 Å². The van der Waals surface area contributed by atoms with Crippen LogP contribution in [0.2, 0.25) is 0 Å². The van der Waals surface area contributed by atoms with Crippen molar-refractivity contribution in [3.8, 4) is 0 Å². The minimum absolute atomic E-state index is 0.0390. The fourth-order valence-electron chi connectivity index (χ4n) is 3.25. The van der Waals surface area contributed by atoms with Gasteiger partial charge in [0.1, 0.15) is 19.3 Å². The van der Waals surface area contributed by atoms with Gasteiger partial charge < -0.3 is 24.8 Å². The molecule has 3 fully saturated rings. The lowest BCUT2D eigenvalue weighted by atomic mass is 10.1. The maximum absolute atomic E-state index is 12.3. The molecule has 0 aromatic rings. The summed E-state index contributed by atoms with van der Waals surface area (Å²) < 4.78 is 5.05. The van der Waals surface area contributed by atoms with Crippen LogP contribution in [-0.4, -0.2) is 91.1 Å². The zero-order valence-electron chi connectivity index (χ0n) is 20.6. The molecule has 3 rings (SSSR count). The van der Waals surface area contributed by atoms with E-state index in [2.05, 4.69) is 46.9 Å². The standard InChI is InChI=1S/C15H24N4O4.2C4H10/c1-10(3-4-16-2)5-17-6-12-18(7-13(17)20)14(21)8-19(12)15(22)11-9-23-11;1-4(2)3;1-3-4-2/h10-12,16H,3-9H2,1-2H3;4H,1-3H3;3-4H2,1-2H3. The molecule has 0 aromatic carbocycles. The van der Waals surface area contributed by atoms with E-state index in [1.165, 1.54) is 17.7 Å². The number of unbranched alkanes of at least 4 members (excludes halogenated alkanes) is 1. The third-order valence-corrected chi connectivity index (χ3v) is 5.20. The van der Waals surface area contributed by atoms with Gasteiger partial charge in [-0.3, -0.25) is 14.4 Å². The maximum Gasteiger partial charge on any atom is 0.256 e. The van der Waals surface area contributed by atoms with Crippen molar-refractivity contribution in [2.24, 2.45) is 11.8 Å². The SMILES string of the molecule is CC(C)C.CCCC.CNCCC(C)CN1CC2N(CC1=O)C(=O)CN2C(=O)C1CO1. The zero-order chi connectivity index (χ0) is 23.6. The van der Waals surface area contributed by atoms with Crippen LogP contribution >= 0.6 is 0 Å². The molecule has 0 bridgehead atoms. The van der Waals surface area contributed by atoms with Gasteiger partial charge in [-0.25, -0.2) is 0 Å². The van der Waals surface area contributed by atoms with Crippen molar-refractivity contribution >= 4 is 17.7 Å². The zero-order valence-corrected chi connectivity index (χ0v) is 20.6. The summed E-state index contributed by atoms with van der Waals surface area (Å²) in [6.07, 6.45) is 2.88. The second-order valence-electron chi connectivity index (χ2n) is 9.32. The van der Waals surface area contributed by atoms with Crippen LogP contribution in [-0.2, 0) is 19.1 Å². The summed E-state index contributed by atoms with van der Waals surface area (Å²) in [6.45, 7) is 15.5. The van der Waals surface area contributed by atoms with Crippen molar-refractivity contribution < 1.29 is 19.1 Å². The molecule has 3 atom stereocenters. The Morgan fingerprint density at radius 1 is 1.10 bits per heavy atom. The third kappa shape index (κ3) is 9.15. The number of rotatable bonds is 7. The van der Waals surface area contributed by atoms with E-state index in [0.29, 0.717) is 25.6 Å². The van der Waals surface area contributed by atoms with E-state index >= 15 is 0 Å². The van der Waals surface area contributed by atoms with E-state index in [-0.39, 0.29) is 37.0 Å². The quantitative estimate of drug-likeness (QED) is 0.612. The summed E-state index contributed by atoms with van der Waals surface area (Å²) in [6, 6.07) is 0. The molecule has 180 valence electrons. The van der Waals surface area contributed by atoms with Gasteiger partial charge >= 0.3 is 0 Å². The molecule has 0 saturated carbocycles. The molecule has 3 aliphatic heterocycles. The van der Waals surface area contributed by atoms with Gasteiger partial charge in [-0.2, -0.15) is 0 Å². The van der Waals surface area contributed by atoms with Crippen LogP contribution in [0.1, 0.15) is 60.8 Å². The van der Waals surface area contributed by atoms with Crippen molar-refractivity contribution in [1.29, 1.82) is 0 Å². The molecule has 3 unspecified atom stereocenters. The van der Waals surface area contributed by atoms with Gasteiger partial charge in [0.15, 0.2) is 6.10 Å². The fourth-order valence-corrected chi connectivity index (χ4v) is 3.25. The predicted molar refractivity (Wildman–Crippen MR) is 122 cm³/mol. The van der Waals surface area contributed by atoms with E-state index in [4.69, 9.17) is 4.74 Å². The highest BCUT2D eigenvalue weighted by atomic mass is 16.6. The van der Waals surface area contributed by atoms with Crippen LogP contribution in [0.3, 0.4) is 0 Å². The minimum atomic E-state index is -0.400. The summed E-state index contributed by atoms with van der Waals surface area (Å²) >= 11 is 0. The molecule has 0 aliphatic carbocycles. The van der Waals surface area contributed by atoms with Gasteiger partial charge in [-0.05, 0) is 31.8 Å². The van der Waals surface area contributed by atoms with E-state index < -0.39 is 6.10 Å². The summed E-state index contributed by atoms with van der Waals surface area (Å²) in [7, 11) is 1.91. The Morgan fingerprint density at radius 2 is 1.68 bits per heavy atom. The van der Waals surface area contributed by atoms with E-state index in [0.717, 1.165) is 18.9 Å². The highest BCUT2D eigenvalue weighted by Gasteiger charge is 2.49. The molecular weight excluding hydrogens is 396 g/mol. The van der Waals surface area contributed by atoms with Crippen LogP contribution in [0.15, 0.2) is 0 Å². The second kappa shape index (κ2) is 13.7. The number of amides is 3. The lowest BCUT2D eigenvalue weighted by Gasteiger charge is -2.40. The number of epoxide rings is 1. The first kappa shape index (κ1) is 27.4. The highest BCUT2D eigenvalue weighted by molar-refractivity contribution is 5.94. The normalized spacial score (nSPS) is 23.0.